The Kier molecular flexibility index (Phi) is 4.35. The molecule has 0 saturated heterocycles. The van der Waals surface area contributed by atoms with Crippen LogP contribution in [0.15, 0.2) is 6.20 Å². The first-order chi connectivity index (χ1) is 7.48. The van der Waals surface area contributed by atoms with Gasteiger partial charge in [-0.2, -0.15) is 4.98 Å². The van der Waals surface area contributed by atoms with E-state index in [9.17, 15) is 0 Å². The summed E-state index contributed by atoms with van der Waals surface area (Å²) in [5.41, 5.74) is 0.230. The second-order valence-corrected chi connectivity index (χ2v) is 4.92. The maximum Gasteiger partial charge on any atom is 0.224 e. The van der Waals surface area contributed by atoms with Gasteiger partial charge in [0.25, 0.3) is 0 Å². The van der Waals surface area contributed by atoms with Gasteiger partial charge in [-0.05, 0) is 11.8 Å². The Morgan fingerprint density at radius 3 is 2.69 bits per heavy atom. The third-order valence-electron chi connectivity index (χ3n) is 2.66. The van der Waals surface area contributed by atoms with Crippen molar-refractivity contribution in [1.29, 1.82) is 0 Å². The molecule has 5 heteroatoms. The van der Waals surface area contributed by atoms with Gasteiger partial charge < -0.3 is 10.6 Å². The van der Waals surface area contributed by atoms with Crippen LogP contribution in [0.3, 0.4) is 0 Å². The van der Waals surface area contributed by atoms with Crippen molar-refractivity contribution in [3.63, 3.8) is 0 Å². The summed E-state index contributed by atoms with van der Waals surface area (Å²) in [6, 6.07) is 0. The molecule has 1 rings (SSSR count). The second-order valence-electron chi connectivity index (χ2n) is 4.51. The van der Waals surface area contributed by atoms with E-state index in [1.165, 1.54) is 0 Å². The third-order valence-corrected chi connectivity index (χ3v) is 2.94. The van der Waals surface area contributed by atoms with Gasteiger partial charge in [0, 0.05) is 13.6 Å². The average Bonchev–Trinajstić information content (AvgIpc) is 2.28. The summed E-state index contributed by atoms with van der Waals surface area (Å²) in [4.78, 5) is 8.29. The molecule has 2 N–H and O–H groups in total. The molecule has 0 amide bonds. The summed E-state index contributed by atoms with van der Waals surface area (Å²) in [5, 5.41) is 6.69. The molecule has 16 heavy (non-hydrogen) atoms. The number of nitrogens with one attached hydrogen (secondary N) is 2. The number of anilines is 2. The summed E-state index contributed by atoms with van der Waals surface area (Å²) in [5.74, 6) is 1.25. The molecule has 1 aromatic rings. The summed E-state index contributed by atoms with van der Waals surface area (Å²) >= 11 is 6.01. The van der Waals surface area contributed by atoms with Gasteiger partial charge in [0.2, 0.25) is 5.95 Å². The second kappa shape index (κ2) is 5.34. The lowest BCUT2D eigenvalue weighted by atomic mass is 9.90. The van der Waals surface area contributed by atoms with Gasteiger partial charge in [-0.25, -0.2) is 4.98 Å². The number of halogens is 1. The molecule has 0 radical (unpaired) electrons. The van der Waals surface area contributed by atoms with Crippen LogP contribution in [0.5, 0.6) is 0 Å². The normalized spacial score (nSPS) is 11.3. The van der Waals surface area contributed by atoms with Crippen molar-refractivity contribution in [2.45, 2.75) is 27.2 Å². The Hall–Kier alpha value is -1.03. The summed E-state index contributed by atoms with van der Waals surface area (Å²) in [7, 11) is 1.78. The largest absolute Gasteiger partial charge is 0.368 e. The quantitative estimate of drug-likeness (QED) is 0.834. The van der Waals surface area contributed by atoms with Crippen molar-refractivity contribution in [2.75, 3.05) is 24.2 Å². The van der Waals surface area contributed by atoms with Crippen LogP contribution in [0, 0.1) is 5.41 Å². The van der Waals surface area contributed by atoms with E-state index in [0.29, 0.717) is 16.8 Å². The SMILES string of the molecule is CCC(C)(C)CNc1nc(NC)ncc1Cl. The topological polar surface area (TPSA) is 49.8 Å². The van der Waals surface area contributed by atoms with Crippen molar-refractivity contribution < 1.29 is 0 Å². The van der Waals surface area contributed by atoms with Crippen LogP contribution in [0.2, 0.25) is 5.02 Å². The highest BCUT2D eigenvalue weighted by Gasteiger charge is 2.15. The molecule has 0 fully saturated rings. The maximum atomic E-state index is 6.01. The molecule has 0 aliphatic rings. The van der Waals surface area contributed by atoms with Gasteiger partial charge in [0.15, 0.2) is 5.82 Å². The molecule has 0 atom stereocenters. The van der Waals surface area contributed by atoms with Gasteiger partial charge in [0.05, 0.1) is 6.20 Å². The molecule has 1 aromatic heterocycles. The predicted octanol–water partition coefficient (Wildman–Crippen LogP) is 3.02. The predicted molar refractivity (Wildman–Crippen MR) is 69.2 cm³/mol. The minimum absolute atomic E-state index is 0.230. The van der Waals surface area contributed by atoms with E-state index in [-0.39, 0.29) is 5.41 Å². The first kappa shape index (κ1) is 13.0. The van der Waals surface area contributed by atoms with E-state index in [4.69, 9.17) is 11.6 Å². The minimum atomic E-state index is 0.230. The van der Waals surface area contributed by atoms with E-state index in [0.717, 1.165) is 13.0 Å². The number of rotatable bonds is 5. The molecular formula is C11H19ClN4. The van der Waals surface area contributed by atoms with Crippen molar-refractivity contribution in [3.8, 4) is 0 Å². The zero-order valence-corrected chi connectivity index (χ0v) is 11.0. The first-order valence-corrected chi connectivity index (χ1v) is 5.80. The van der Waals surface area contributed by atoms with Crippen LogP contribution < -0.4 is 10.6 Å². The molecular weight excluding hydrogens is 224 g/mol. The highest BCUT2D eigenvalue weighted by atomic mass is 35.5. The average molecular weight is 243 g/mol. The lowest BCUT2D eigenvalue weighted by Gasteiger charge is -2.23. The number of hydrogen-bond acceptors (Lipinski definition) is 4. The van der Waals surface area contributed by atoms with Crippen LogP contribution in [-0.4, -0.2) is 23.6 Å². The summed E-state index contributed by atoms with van der Waals surface area (Å²) in [6.07, 6.45) is 2.70. The molecule has 90 valence electrons. The van der Waals surface area contributed by atoms with Crippen LogP contribution in [-0.2, 0) is 0 Å². The smallest absolute Gasteiger partial charge is 0.224 e. The third kappa shape index (κ3) is 3.52. The fourth-order valence-electron chi connectivity index (χ4n) is 1.06. The van der Waals surface area contributed by atoms with Crippen LogP contribution in [0.4, 0.5) is 11.8 Å². The molecule has 4 nitrogen and oxygen atoms in total. The van der Waals surface area contributed by atoms with Gasteiger partial charge >= 0.3 is 0 Å². The molecule has 0 aliphatic heterocycles. The van der Waals surface area contributed by atoms with E-state index in [1.807, 2.05) is 0 Å². The molecule has 0 aliphatic carbocycles. The molecule has 1 heterocycles. The Morgan fingerprint density at radius 1 is 1.44 bits per heavy atom. The van der Waals surface area contributed by atoms with Gasteiger partial charge in [-0.1, -0.05) is 32.4 Å². The number of nitrogens with zero attached hydrogens (tertiary/aromatic N) is 2. The van der Waals surface area contributed by atoms with E-state index < -0.39 is 0 Å². The van der Waals surface area contributed by atoms with E-state index >= 15 is 0 Å². The standard InChI is InChI=1S/C11H19ClN4/c1-5-11(2,3)7-15-9-8(12)6-14-10(13-4)16-9/h6H,5,7H2,1-4H3,(H2,13,14,15,16). The Bertz CT molecular complexity index is 352. The number of hydrogen-bond donors (Lipinski definition) is 2. The number of aromatic nitrogens is 2. The van der Waals surface area contributed by atoms with Crippen LogP contribution >= 0.6 is 11.6 Å². The summed E-state index contributed by atoms with van der Waals surface area (Å²) < 4.78 is 0. The van der Waals surface area contributed by atoms with Crippen LogP contribution in [0.1, 0.15) is 27.2 Å². The maximum absolute atomic E-state index is 6.01. The summed E-state index contributed by atoms with van der Waals surface area (Å²) in [6.45, 7) is 7.41. The molecule has 0 spiro atoms. The van der Waals surface area contributed by atoms with Crippen LogP contribution in [0.25, 0.3) is 0 Å². The lowest BCUT2D eigenvalue weighted by molar-refractivity contribution is 0.376. The van der Waals surface area contributed by atoms with E-state index in [1.54, 1.807) is 13.2 Å². The Morgan fingerprint density at radius 2 is 2.12 bits per heavy atom. The Labute approximate surface area is 102 Å². The molecule has 0 unspecified atom stereocenters. The lowest BCUT2D eigenvalue weighted by Crippen LogP contribution is -2.22. The van der Waals surface area contributed by atoms with Gasteiger partial charge in [-0.15, -0.1) is 0 Å². The highest BCUT2D eigenvalue weighted by Crippen LogP contribution is 2.23. The molecule has 0 aromatic carbocycles. The van der Waals surface area contributed by atoms with Crippen molar-refractivity contribution in [3.05, 3.63) is 11.2 Å². The molecule has 0 saturated carbocycles. The zero-order valence-electron chi connectivity index (χ0n) is 10.3. The van der Waals surface area contributed by atoms with Gasteiger partial charge in [0.1, 0.15) is 5.02 Å². The Balaban J connectivity index is 2.73. The molecule has 0 bridgehead atoms. The van der Waals surface area contributed by atoms with E-state index in [2.05, 4.69) is 41.4 Å². The fraction of sp³-hybridized carbons (Fsp3) is 0.636. The zero-order chi connectivity index (χ0) is 12.2. The van der Waals surface area contributed by atoms with Crippen molar-refractivity contribution in [2.24, 2.45) is 5.41 Å². The highest BCUT2D eigenvalue weighted by molar-refractivity contribution is 6.32. The first-order valence-electron chi connectivity index (χ1n) is 5.42. The minimum Gasteiger partial charge on any atom is -0.368 e. The van der Waals surface area contributed by atoms with Gasteiger partial charge in [-0.3, -0.25) is 0 Å². The van der Waals surface area contributed by atoms with Crippen molar-refractivity contribution >= 4 is 23.4 Å². The monoisotopic (exact) mass is 242 g/mol. The fourth-order valence-corrected chi connectivity index (χ4v) is 1.22. The van der Waals surface area contributed by atoms with Crippen molar-refractivity contribution in [1.82, 2.24) is 9.97 Å².